The van der Waals surface area contributed by atoms with Crippen LogP contribution >= 0.6 is 22.6 Å². The number of ether oxygens (including phenoxy) is 1. The molecule has 8 nitrogen and oxygen atoms in total. The third kappa shape index (κ3) is 5.71. The molecule has 1 rings (SSSR count). The van der Waals surface area contributed by atoms with Crippen molar-refractivity contribution in [1.82, 2.24) is 0 Å². The van der Waals surface area contributed by atoms with E-state index in [0.29, 0.717) is 14.7 Å². The zero-order valence-corrected chi connectivity index (χ0v) is 15.8. The van der Waals surface area contributed by atoms with Gasteiger partial charge >= 0.3 is 6.09 Å². The molecular weight excluding hydrogens is 429 g/mol. The summed E-state index contributed by atoms with van der Waals surface area (Å²) >= 11 is 1.92. The van der Waals surface area contributed by atoms with Crippen LogP contribution in [0.15, 0.2) is 12.1 Å². The van der Waals surface area contributed by atoms with E-state index in [2.05, 4.69) is 0 Å². The van der Waals surface area contributed by atoms with Gasteiger partial charge in [-0.05, 0) is 49.4 Å². The lowest BCUT2D eigenvalue weighted by Crippen LogP contribution is -2.33. The van der Waals surface area contributed by atoms with Crippen molar-refractivity contribution < 1.29 is 19.6 Å². The fraction of sp³-hybridized carbons (Fsp3) is 0.467. The van der Waals surface area contributed by atoms with Gasteiger partial charge in [-0.1, -0.05) is 0 Å². The number of primary amides is 1. The van der Waals surface area contributed by atoms with Gasteiger partial charge in [-0.25, -0.2) is 4.79 Å². The van der Waals surface area contributed by atoms with Crippen molar-refractivity contribution >= 4 is 40.1 Å². The highest BCUT2D eigenvalue weighted by Crippen LogP contribution is 2.30. The summed E-state index contributed by atoms with van der Waals surface area (Å²) in [4.78, 5) is 21.8. The second-order valence-corrected chi connectivity index (χ2v) is 7.27. The lowest BCUT2D eigenvalue weighted by atomic mass is 9.93. The average Bonchev–Trinajstić information content (AvgIpc) is 2.37. The summed E-state index contributed by atoms with van der Waals surface area (Å²) in [6, 6.07) is 2.92. The quantitative estimate of drug-likeness (QED) is 0.254. The number of rotatable bonds is 7. The number of amides is 1. The molecule has 0 aliphatic rings. The zero-order valence-electron chi connectivity index (χ0n) is 13.6. The lowest BCUT2D eigenvalue weighted by Gasteiger charge is -2.24. The largest absolute Gasteiger partial charge is 0.443 e. The van der Waals surface area contributed by atoms with Crippen molar-refractivity contribution in [3.05, 3.63) is 36.9 Å². The first-order valence-electron chi connectivity index (χ1n) is 7.14. The van der Waals surface area contributed by atoms with Gasteiger partial charge in [0.25, 0.3) is 5.69 Å². The zero-order chi connectivity index (χ0) is 18.7. The minimum Gasteiger partial charge on any atom is -0.443 e. The molecule has 0 aliphatic heterocycles. The Bertz CT molecular complexity index is 673. The van der Waals surface area contributed by atoms with Crippen molar-refractivity contribution in [1.29, 1.82) is 5.41 Å². The molecule has 1 amide bonds. The molecule has 1 aromatic carbocycles. The number of hydrogen-bond acceptors (Lipinski definition) is 6. The number of hydrogen-bond donors (Lipinski definition) is 3. The molecule has 1 aromatic rings. The van der Waals surface area contributed by atoms with Gasteiger partial charge in [-0.15, -0.1) is 0 Å². The van der Waals surface area contributed by atoms with E-state index < -0.39 is 22.7 Å². The van der Waals surface area contributed by atoms with E-state index in [4.69, 9.17) is 15.9 Å². The summed E-state index contributed by atoms with van der Waals surface area (Å²) in [6.07, 6.45) is -1.45. The SMILES string of the molecule is C[C@@H](O)CC(=N)c1cc(CC(C)(C)OC(N)=O)c([N+](=O)[O-])cc1I. The van der Waals surface area contributed by atoms with E-state index in [1.165, 1.54) is 12.1 Å². The van der Waals surface area contributed by atoms with Crippen LogP contribution in [-0.2, 0) is 11.2 Å². The van der Waals surface area contributed by atoms with E-state index in [9.17, 15) is 20.0 Å². The number of carbonyl (C=O) groups excluding carboxylic acids is 1. The van der Waals surface area contributed by atoms with Crippen LogP contribution in [0, 0.1) is 19.1 Å². The number of halogens is 1. The normalized spacial score (nSPS) is 12.5. The van der Waals surface area contributed by atoms with Crippen LogP contribution in [0.2, 0.25) is 0 Å². The molecule has 24 heavy (non-hydrogen) atoms. The first-order chi connectivity index (χ1) is 10.9. The number of carbonyl (C=O) groups is 1. The smallest absolute Gasteiger partial charge is 0.405 e. The fourth-order valence-corrected chi connectivity index (χ4v) is 3.10. The summed E-state index contributed by atoms with van der Waals surface area (Å²) in [5.74, 6) is 0. The first-order valence-corrected chi connectivity index (χ1v) is 8.22. The first kappa shape index (κ1) is 20.3. The van der Waals surface area contributed by atoms with Crippen LogP contribution in [0.5, 0.6) is 0 Å². The van der Waals surface area contributed by atoms with Gasteiger partial charge in [0.1, 0.15) is 5.60 Å². The molecular formula is C15H20IN3O5. The van der Waals surface area contributed by atoms with Crippen molar-refractivity contribution in [3.8, 4) is 0 Å². The van der Waals surface area contributed by atoms with Crippen LogP contribution in [0.3, 0.4) is 0 Å². The maximum Gasteiger partial charge on any atom is 0.405 e. The van der Waals surface area contributed by atoms with E-state index >= 15 is 0 Å². The number of benzene rings is 1. The van der Waals surface area contributed by atoms with Gasteiger partial charge in [0, 0.05) is 39.3 Å². The molecule has 9 heteroatoms. The Morgan fingerprint density at radius 3 is 2.58 bits per heavy atom. The highest BCUT2D eigenvalue weighted by atomic mass is 127. The molecule has 132 valence electrons. The predicted octanol–water partition coefficient (Wildman–Crippen LogP) is 2.75. The number of nitrogens with two attached hydrogens (primary N) is 1. The summed E-state index contributed by atoms with van der Waals surface area (Å²) < 4.78 is 5.54. The van der Waals surface area contributed by atoms with Gasteiger partial charge < -0.3 is 21.0 Å². The van der Waals surface area contributed by atoms with Crippen LogP contribution in [-0.4, -0.2) is 33.5 Å². The van der Waals surface area contributed by atoms with E-state index in [-0.39, 0.29) is 24.2 Å². The summed E-state index contributed by atoms with van der Waals surface area (Å²) in [5, 5.41) is 28.8. The number of nitro benzene ring substituents is 1. The highest BCUT2D eigenvalue weighted by Gasteiger charge is 2.28. The monoisotopic (exact) mass is 449 g/mol. The number of nitrogens with one attached hydrogen (secondary N) is 1. The topological polar surface area (TPSA) is 140 Å². The molecule has 0 saturated carbocycles. The van der Waals surface area contributed by atoms with Crippen molar-refractivity contribution in [3.63, 3.8) is 0 Å². The molecule has 0 aromatic heterocycles. The second kappa shape index (κ2) is 7.88. The van der Waals surface area contributed by atoms with Crippen molar-refractivity contribution in [2.45, 2.75) is 45.3 Å². The molecule has 0 unspecified atom stereocenters. The molecule has 0 saturated heterocycles. The Hall–Kier alpha value is -1.75. The minimum absolute atomic E-state index is 0.0676. The van der Waals surface area contributed by atoms with Crippen LogP contribution in [0.4, 0.5) is 10.5 Å². The van der Waals surface area contributed by atoms with E-state index in [1.807, 2.05) is 22.6 Å². The number of aliphatic hydroxyl groups excluding tert-OH is 1. The Labute approximate surface area is 153 Å². The highest BCUT2D eigenvalue weighted by molar-refractivity contribution is 14.1. The Morgan fingerprint density at radius 2 is 2.12 bits per heavy atom. The minimum atomic E-state index is -1.03. The van der Waals surface area contributed by atoms with Gasteiger partial charge in [-0.2, -0.15) is 0 Å². The van der Waals surface area contributed by atoms with Gasteiger partial charge in [0.15, 0.2) is 0 Å². The maximum atomic E-state index is 11.3. The summed E-state index contributed by atoms with van der Waals surface area (Å²) in [5.41, 5.74) is 4.89. The van der Waals surface area contributed by atoms with E-state index in [1.54, 1.807) is 20.8 Å². The molecule has 0 radical (unpaired) electrons. The van der Waals surface area contributed by atoms with Gasteiger partial charge in [0.05, 0.1) is 11.0 Å². The Kier molecular flexibility index (Phi) is 6.67. The third-order valence-corrected chi connectivity index (χ3v) is 4.08. The standard InChI is InChI=1S/C15H20IN3O5/c1-8(20)4-12(17)10-5-9(7-15(2,3)24-14(18)21)13(19(22)23)6-11(10)16/h5-6,8,17,20H,4,7H2,1-3H3,(H2,18,21)/t8-/m1/s1. The molecule has 1 atom stereocenters. The molecule has 0 bridgehead atoms. The number of nitrogens with zero attached hydrogens (tertiary/aromatic N) is 1. The van der Waals surface area contributed by atoms with Crippen molar-refractivity contribution in [2.75, 3.05) is 0 Å². The number of aliphatic hydroxyl groups is 1. The lowest BCUT2D eigenvalue weighted by molar-refractivity contribution is -0.385. The number of nitro groups is 1. The Balaban J connectivity index is 3.32. The molecule has 0 spiro atoms. The van der Waals surface area contributed by atoms with Crippen LogP contribution in [0.25, 0.3) is 0 Å². The summed E-state index contributed by atoms with van der Waals surface area (Å²) in [7, 11) is 0. The van der Waals surface area contributed by atoms with E-state index in [0.717, 1.165) is 0 Å². The van der Waals surface area contributed by atoms with Crippen LogP contribution < -0.4 is 5.73 Å². The predicted molar refractivity (Wildman–Crippen MR) is 97.4 cm³/mol. The Morgan fingerprint density at radius 1 is 1.54 bits per heavy atom. The van der Waals surface area contributed by atoms with Crippen molar-refractivity contribution in [2.24, 2.45) is 5.73 Å². The average molecular weight is 449 g/mol. The maximum absolute atomic E-state index is 11.3. The van der Waals surface area contributed by atoms with Gasteiger partial charge in [0.2, 0.25) is 0 Å². The van der Waals surface area contributed by atoms with Crippen LogP contribution in [0.1, 0.15) is 38.3 Å². The fourth-order valence-electron chi connectivity index (χ4n) is 2.32. The third-order valence-electron chi connectivity index (χ3n) is 3.18. The molecule has 0 heterocycles. The molecule has 0 fully saturated rings. The molecule has 0 aliphatic carbocycles. The second-order valence-electron chi connectivity index (χ2n) is 6.11. The van der Waals surface area contributed by atoms with Gasteiger partial charge in [-0.3, -0.25) is 10.1 Å². The summed E-state index contributed by atoms with van der Waals surface area (Å²) in [6.45, 7) is 4.76. The molecule has 4 N–H and O–H groups in total.